The first-order valence-corrected chi connectivity index (χ1v) is 8.02. The highest BCUT2D eigenvalue weighted by Crippen LogP contribution is 2.44. The van der Waals surface area contributed by atoms with Gasteiger partial charge in [0.25, 0.3) is 0 Å². The lowest BCUT2D eigenvalue weighted by Crippen LogP contribution is -2.41. The molecule has 3 nitrogen and oxygen atoms in total. The highest BCUT2D eigenvalue weighted by molar-refractivity contribution is 6.31. The number of hydrogen-bond donors (Lipinski definition) is 1. The maximum atomic E-state index is 6.73. The molecule has 0 radical (unpaired) electrons. The van der Waals surface area contributed by atoms with Crippen LogP contribution in [-0.2, 0) is 5.54 Å². The molecule has 0 amide bonds. The Hall–Kier alpha value is -1.06. The van der Waals surface area contributed by atoms with Gasteiger partial charge in [0.1, 0.15) is 5.82 Å². The van der Waals surface area contributed by atoms with Crippen molar-refractivity contribution in [2.24, 2.45) is 5.73 Å². The zero-order chi connectivity index (χ0) is 13.7. The second-order valence-corrected chi connectivity index (χ2v) is 6.82. The van der Waals surface area contributed by atoms with Crippen LogP contribution in [-0.4, -0.2) is 9.55 Å². The molecule has 2 saturated carbocycles. The second kappa shape index (κ2) is 4.47. The van der Waals surface area contributed by atoms with Crippen LogP contribution in [0.2, 0.25) is 5.02 Å². The van der Waals surface area contributed by atoms with E-state index in [2.05, 4.69) is 4.57 Å². The lowest BCUT2D eigenvalue weighted by atomic mass is 9.82. The van der Waals surface area contributed by atoms with E-state index < -0.39 is 0 Å². The molecule has 0 unspecified atom stereocenters. The average molecular weight is 290 g/mol. The first kappa shape index (κ1) is 12.7. The molecular formula is C16H20ClN3. The Balaban J connectivity index is 1.91. The van der Waals surface area contributed by atoms with Crippen molar-refractivity contribution in [2.75, 3.05) is 0 Å². The van der Waals surface area contributed by atoms with Crippen molar-refractivity contribution in [3.63, 3.8) is 0 Å². The Kier molecular flexibility index (Phi) is 2.83. The topological polar surface area (TPSA) is 43.8 Å². The van der Waals surface area contributed by atoms with Gasteiger partial charge in [-0.05, 0) is 43.9 Å². The van der Waals surface area contributed by atoms with Crippen molar-refractivity contribution >= 4 is 22.6 Å². The first-order valence-electron chi connectivity index (χ1n) is 7.64. The molecule has 1 aromatic carbocycles. The Morgan fingerprint density at radius 3 is 2.65 bits per heavy atom. The molecule has 2 fully saturated rings. The molecule has 2 aromatic rings. The van der Waals surface area contributed by atoms with E-state index in [9.17, 15) is 0 Å². The van der Waals surface area contributed by atoms with Crippen LogP contribution in [0.1, 0.15) is 56.8 Å². The van der Waals surface area contributed by atoms with Gasteiger partial charge >= 0.3 is 0 Å². The predicted molar refractivity (Wildman–Crippen MR) is 82.0 cm³/mol. The zero-order valence-corrected chi connectivity index (χ0v) is 12.4. The van der Waals surface area contributed by atoms with Crippen LogP contribution in [0.25, 0.3) is 11.0 Å². The monoisotopic (exact) mass is 289 g/mol. The standard InChI is InChI=1S/C16H20ClN3/c17-11-4-7-13-14(10-11)20(12-5-6-12)15(19-13)16(18)8-2-1-3-9-16/h4,7,10,12H,1-3,5-6,8-9,18H2. The lowest BCUT2D eigenvalue weighted by molar-refractivity contribution is 0.279. The Morgan fingerprint density at radius 1 is 1.20 bits per heavy atom. The number of aromatic nitrogens is 2. The average Bonchev–Trinajstić information content (AvgIpc) is 3.20. The lowest BCUT2D eigenvalue weighted by Gasteiger charge is -2.33. The van der Waals surface area contributed by atoms with Crippen LogP contribution in [0.3, 0.4) is 0 Å². The summed E-state index contributed by atoms with van der Waals surface area (Å²) in [6.07, 6.45) is 8.31. The molecule has 2 N–H and O–H groups in total. The molecule has 0 atom stereocenters. The fourth-order valence-corrected chi connectivity index (χ4v) is 3.69. The number of benzene rings is 1. The van der Waals surface area contributed by atoms with E-state index >= 15 is 0 Å². The summed E-state index contributed by atoms with van der Waals surface area (Å²) in [7, 11) is 0. The third kappa shape index (κ3) is 1.95. The summed E-state index contributed by atoms with van der Waals surface area (Å²) in [6.45, 7) is 0. The van der Waals surface area contributed by atoms with Crippen molar-refractivity contribution < 1.29 is 0 Å². The van der Waals surface area contributed by atoms with Crippen molar-refractivity contribution in [2.45, 2.75) is 56.5 Å². The van der Waals surface area contributed by atoms with Gasteiger partial charge in [-0.2, -0.15) is 0 Å². The molecule has 2 aliphatic carbocycles. The third-order valence-electron chi connectivity index (χ3n) is 4.75. The quantitative estimate of drug-likeness (QED) is 0.903. The summed E-state index contributed by atoms with van der Waals surface area (Å²) in [5.74, 6) is 1.09. The molecule has 106 valence electrons. The van der Waals surface area contributed by atoms with Crippen LogP contribution < -0.4 is 5.73 Å². The summed E-state index contributed by atoms with van der Waals surface area (Å²) >= 11 is 6.17. The van der Waals surface area contributed by atoms with E-state index in [1.165, 1.54) is 32.1 Å². The fraction of sp³-hybridized carbons (Fsp3) is 0.562. The maximum absolute atomic E-state index is 6.73. The minimum Gasteiger partial charge on any atom is -0.323 e. The van der Waals surface area contributed by atoms with Gasteiger partial charge in [0.05, 0.1) is 16.6 Å². The van der Waals surface area contributed by atoms with E-state index in [0.717, 1.165) is 34.7 Å². The van der Waals surface area contributed by atoms with Crippen molar-refractivity contribution in [1.82, 2.24) is 9.55 Å². The third-order valence-corrected chi connectivity index (χ3v) is 4.99. The summed E-state index contributed by atoms with van der Waals surface area (Å²) < 4.78 is 2.38. The Bertz CT molecular complexity index is 651. The maximum Gasteiger partial charge on any atom is 0.130 e. The highest BCUT2D eigenvalue weighted by atomic mass is 35.5. The number of nitrogens with two attached hydrogens (primary N) is 1. The molecule has 0 aliphatic heterocycles. The summed E-state index contributed by atoms with van der Waals surface area (Å²) in [6, 6.07) is 6.56. The number of rotatable bonds is 2. The molecule has 0 spiro atoms. The van der Waals surface area contributed by atoms with Gasteiger partial charge in [-0.25, -0.2) is 4.98 Å². The second-order valence-electron chi connectivity index (χ2n) is 6.39. The van der Waals surface area contributed by atoms with E-state index in [-0.39, 0.29) is 5.54 Å². The normalized spacial score (nSPS) is 22.3. The van der Waals surface area contributed by atoms with Crippen molar-refractivity contribution in [1.29, 1.82) is 0 Å². The largest absolute Gasteiger partial charge is 0.323 e. The molecule has 1 heterocycles. The molecule has 1 aromatic heterocycles. The summed E-state index contributed by atoms with van der Waals surface area (Å²) in [5.41, 5.74) is 8.68. The van der Waals surface area contributed by atoms with E-state index in [1.54, 1.807) is 0 Å². The van der Waals surface area contributed by atoms with Crippen LogP contribution >= 0.6 is 11.6 Å². The number of imidazole rings is 1. The molecular weight excluding hydrogens is 270 g/mol. The fourth-order valence-electron chi connectivity index (χ4n) is 3.53. The van der Waals surface area contributed by atoms with Crippen molar-refractivity contribution in [3.8, 4) is 0 Å². The van der Waals surface area contributed by atoms with E-state index in [4.69, 9.17) is 22.3 Å². The molecule has 20 heavy (non-hydrogen) atoms. The predicted octanol–water partition coefficient (Wildman–Crippen LogP) is 4.14. The van der Waals surface area contributed by atoms with E-state index in [1.807, 2.05) is 18.2 Å². The van der Waals surface area contributed by atoms with Gasteiger partial charge in [0.15, 0.2) is 0 Å². The number of hydrogen-bond acceptors (Lipinski definition) is 2. The van der Waals surface area contributed by atoms with Crippen LogP contribution in [0.5, 0.6) is 0 Å². The van der Waals surface area contributed by atoms with Gasteiger partial charge in [-0.3, -0.25) is 0 Å². The van der Waals surface area contributed by atoms with E-state index in [0.29, 0.717) is 6.04 Å². The van der Waals surface area contributed by atoms with Crippen LogP contribution in [0, 0.1) is 0 Å². The molecule has 2 aliphatic rings. The Labute approximate surface area is 124 Å². The highest BCUT2D eigenvalue weighted by Gasteiger charge is 2.38. The van der Waals surface area contributed by atoms with Crippen molar-refractivity contribution in [3.05, 3.63) is 29.0 Å². The van der Waals surface area contributed by atoms with Gasteiger partial charge in [0, 0.05) is 11.1 Å². The van der Waals surface area contributed by atoms with Gasteiger partial charge in [-0.15, -0.1) is 0 Å². The number of halogens is 1. The van der Waals surface area contributed by atoms with Crippen LogP contribution in [0.4, 0.5) is 0 Å². The molecule has 0 saturated heterocycles. The molecule has 4 heteroatoms. The van der Waals surface area contributed by atoms with Crippen LogP contribution in [0.15, 0.2) is 18.2 Å². The number of fused-ring (bicyclic) bond motifs is 1. The summed E-state index contributed by atoms with van der Waals surface area (Å²) in [4.78, 5) is 4.89. The smallest absolute Gasteiger partial charge is 0.130 e. The number of nitrogens with zero attached hydrogens (tertiary/aromatic N) is 2. The molecule has 4 rings (SSSR count). The first-order chi connectivity index (χ1) is 9.67. The SMILES string of the molecule is NC1(c2nc3ccc(Cl)cc3n2C2CC2)CCCCC1. The minimum absolute atomic E-state index is 0.244. The molecule has 0 bridgehead atoms. The Morgan fingerprint density at radius 2 is 1.95 bits per heavy atom. The summed E-state index contributed by atoms with van der Waals surface area (Å²) in [5, 5.41) is 0.778. The zero-order valence-electron chi connectivity index (χ0n) is 11.6. The van der Waals surface area contributed by atoms with Gasteiger partial charge in [-0.1, -0.05) is 30.9 Å². The van der Waals surface area contributed by atoms with Gasteiger partial charge in [0.2, 0.25) is 0 Å². The van der Waals surface area contributed by atoms with Gasteiger partial charge < -0.3 is 10.3 Å². The minimum atomic E-state index is -0.244.